The van der Waals surface area contributed by atoms with Crippen LogP contribution in [0.15, 0.2) is 40.9 Å². The van der Waals surface area contributed by atoms with Crippen molar-refractivity contribution in [3.63, 3.8) is 0 Å². The van der Waals surface area contributed by atoms with Gasteiger partial charge in [-0.05, 0) is 42.3 Å². The molecule has 1 aliphatic rings. The first-order valence-corrected chi connectivity index (χ1v) is 7.74. The summed E-state index contributed by atoms with van der Waals surface area (Å²) in [5.74, 6) is 1.75. The molecule has 0 aliphatic carbocycles. The lowest BCUT2D eigenvalue weighted by Crippen LogP contribution is -2.24. The molecule has 0 radical (unpaired) electrons. The Kier molecular flexibility index (Phi) is 3.91. The molecule has 2 aromatic rings. The number of ether oxygens (including phenoxy) is 2. The van der Waals surface area contributed by atoms with Gasteiger partial charge in [0.05, 0.1) is 7.11 Å². The van der Waals surface area contributed by atoms with Gasteiger partial charge in [0.2, 0.25) is 0 Å². The van der Waals surface area contributed by atoms with Gasteiger partial charge in [0.1, 0.15) is 17.6 Å². The molecule has 1 unspecified atom stereocenters. The Morgan fingerprint density at radius 1 is 1.24 bits per heavy atom. The van der Waals surface area contributed by atoms with Crippen LogP contribution < -0.4 is 15.2 Å². The van der Waals surface area contributed by atoms with Crippen molar-refractivity contribution in [3.8, 4) is 11.5 Å². The summed E-state index contributed by atoms with van der Waals surface area (Å²) in [5, 5.41) is 0. The molecule has 3 rings (SSSR count). The summed E-state index contributed by atoms with van der Waals surface area (Å²) >= 11 is 3.48. The lowest BCUT2D eigenvalue weighted by atomic mass is 9.93. The Labute approximate surface area is 133 Å². The number of methoxy groups -OCH3 is 1. The van der Waals surface area contributed by atoms with Gasteiger partial charge in [-0.3, -0.25) is 0 Å². The summed E-state index contributed by atoms with van der Waals surface area (Å²) < 4.78 is 12.5. The number of benzene rings is 2. The second-order valence-electron chi connectivity index (χ2n) is 5.36. The van der Waals surface area contributed by atoms with Crippen molar-refractivity contribution in [1.82, 2.24) is 0 Å². The third kappa shape index (κ3) is 2.78. The molecule has 2 aromatic carbocycles. The van der Waals surface area contributed by atoms with Gasteiger partial charge in [-0.25, -0.2) is 0 Å². The van der Waals surface area contributed by atoms with Crippen LogP contribution in [0.4, 0.5) is 0 Å². The molecule has 1 aliphatic heterocycles. The maximum atomic E-state index is 6.30. The van der Waals surface area contributed by atoms with Crippen molar-refractivity contribution >= 4 is 15.9 Å². The van der Waals surface area contributed by atoms with E-state index in [0.29, 0.717) is 0 Å². The highest BCUT2D eigenvalue weighted by molar-refractivity contribution is 9.10. The highest BCUT2D eigenvalue weighted by atomic mass is 79.9. The molecule has 0 aromatic heterocycles. The average molecular weight is 348 g/mol. The topological polar surface area (TPSA) is 44.5 Å². The molecule has 1 heterocycles. The molecule has 0 saturated heterocycles. The van der Waals surface area contributed by atoms with Gasteiger partial charge < -0.3 is 15.2 Å². The lowest BCUT2D eigenvalue weighted by molar-refractivity contribution is 0.161. The second-order valence-corrected chi connectivity index (χ2v) is 6.28. The summed E-state index contributed by atoms with van der Waals surface area (Å²) in [6.07, 6.45) is 0.756. The smallest absolute Gasteiger partial charge is 0.126 e. The number of fused-ring (bicyclic) bond motifs is 1. The molecule has 2 atom stereocenters. The largest absolute Gasteiger partial charge is 0.496 e. The van der Waals surface area contributed by atoms with Crippen molar-refractivity contribution in [2.24, 2.45) is 5.73 Å². The fraction of sp³-hybridized carbons (Fsp3) is 0.294. The molecule has 21 heavy (non-hydrogen) atoms. The Hall–Kier alpha value is -1.52. The number of nitrogens with two attached hydrogens (primary N) is 1. The van der Waals surface area contributed by atoms with E-state index in [9.17, 15) is 0 Å². The quantitative estimate of drug-likeness (QED) is 0.881. The minimum Gasteiger partial charge on any atom is -0.496 e. The first kappa shape index (κ1) is 14.4. The van der Waals surface area contributed by atoms with Crippen LogP contribution in [0.2, 0.25) is 0 Å². The Bertz CT molecular complexity index is 672. The molecule has 110 valence electrons. The van der Waals surface area contributed by atoms with Gasteiger partial charge in [0.15, 0.2) is 0 Å². The Morgan fingerprint density at radius 2 is 2.05 bits per heavy atom. The predicted octanol–water partition coefficient (Wildman–Crippen LogP) is 4.29. The van der Waals surface area contributed by atoms with Crippen molar-refractivity contribution in [2.75, 3.05) is 7.11 Å². The molecule has 0 spiro atoms. The van der Waals surface area contributed by atoms with E-state index in [1.165, 1.54) is 0 Å². The fourth-order valence-electron chi connectivity index (χ4n) is 2.78. The SMILES string of the molecule is COc1ccc(C2C[C@@H](N)c3ccc(Br)cc3O2)cc1C. The van der Waals surface area contributed by atoms with Gasteiger partial charge in [-0.1, -0.05) is 28.1 Å². The predicted molar refractivity (Wildman–Crippen MR) is 86.8 cm³/mol. The van der Waals surface area contributed by atoms with Crippen molar-refractivity contribution in [3.05, 3.63) is 57.6 Å². The van der Waals surface area contributed by atoms with E-state index in [0.717, 1.165) is 39.1 Å². The summed E-state index contributed by atoms with van der Waals surface area (Å²) in [6.45, 7) is 2.04. The fourth-order valence-corrected chi connectivity index (χ4v) is 3.12. The Balaban J connectivity index is 1.93. The van der Waals surface area contributed by atoms with E-state index in [2.05, 4.69) is 22.0 Å². The van der Waals surface area contributed by atoms with E-state index < -0.39 is 0 Å². The second kappa shape index (κ2) is 5.70. The summed E-state index contributed by atoms with van der Waals surface area (Å²) in [4.78, 5) is 0. The summed E-state index contributed by atoms with van der Waals surface area (Å²) in [7, 11) is 1.68. The van der Waals surface area contributed by atoms with Crippen LogP contribution in [0.1, 0.15) is 35.3 Å². The molecule has 2 N–H and O–H groups in total. The van der Waals surface area contributed by atoms with E-state index in [1.54, 1.807) is 7.11 Å². The van der Waals surface area contributed by atoms with Crippen LogP contribution in [0.25, 0.3) is 0 Å². The standard InChI is InChI=1S/C17H18BrNO2/c1-10-7-11(3-6-15(10)20-2)16-9-14(19)13-5-4-12(18)8-17(13)21-16/h3-8,14,16H,9,19H2,1-2H3/t14-,16?/m1/s1. The first-order valence-electron chi connectivity index (χ1n) is 6.94. The zero-order valence-electron chi connectivity index (χ0n) is 12.1. The number of aryl methyl sites for hydroxylation is 1. The maximum absolute atomic E-state index is 6.30. The van der Waals surface area contributed by atoms with Gasteiger partial charge >= 0.3 is 0 Å². The highest BCUT2D eigenvalue weighted by Crippen LogP contribution is 2.41. The molecule has 0 saturated carbocycles. The molecule has 4 heteroatoms. The van der Waals surface area contributed by atoms with Crippen molar-refractivity contribution in [2.45, 2.75) is 25.5 Å². The normalized spacial score (nSPS) is 20.6. The van der Waals surface area contributed by atoms with Crippen LogP contribution in [0.3, 0.4) is 0 Å². The monoisotopic (exact) mass is 347 g/mol. The minimum absolute atomic E-state index is 0.00532. The molecule has 0 bridgehead atoms. The number of rotatable bonds is 2. The van der Waals surface area contributed by atoms with Crippen LogP contribution >= 0.6 is 15.9 Å². The molecule has 0 amide bonds. The van der Waals surface area contributed by atoms with Gasteiger partial charge in [-0.15, -0.1) is 0 Å². The molecular formula is C17H18BrNO2. The molecular weight excluding hydrogens is 330 g/mol. The lowest BCUT2D eigenvalue weighted by Gasteiger charge is -2.31. The van der Waals surface area contributed by atoms with Crippen LogP contribution in [0.5, 0.6) is 11.5 Å². The highest BCUT2D eigenvalue weighted by Gasteiger charge is 2.27. The number of halogens is 1. The third-order valence-electron chi connectivity index (χ3n) is 3.90. The number of hydrogen-bond donors (Lipinski definition) is 1. The van der Waals surface area contributed by atoms with E-state index in [-0.39, 0.29) is 12.1 Å². The Morgan fingerprint density at radius 3 is 2.76 bits per heavy atom. The zero-order chi connectivity index (χ0) is 15.0. The van der Waals surface area contributed by atoms with E-state index in [4.69, 9.17) is 15.2 Å². The van der Waals surface area contributed by atoms with Crippen molar-refractivity contribution < 1.29 is 9.47 Å². The average Bonchev–Trinajstić information content (AvgIpc) is 2.46. The van der Waals surface area contributed by atoms with Crippen LogP contribution in [-0.2, 0) is 0 Å². The summed E-state index contributed by atoms with van der Waals surface area (Å²) in [5.41, 5.74) is 9.61. The van der Waals surface area contributed by atoms with Gasteiger partial charge in [-0.2, -0.15) is 0 Å². The first-order chi connectivity index (χ1) is 10.1. The molecule has 0 fully saturated rings. The number of hydrogen-bond acceptors (Lipinski definition) is 3. The maximum Gasteiger partial charge on any atom is 0.126 e. The van der Waals surface area contributed by atoms with E-state index in [1.807, 2.05) is 37.3 Å². The van der Waals surface area contributed by atoms with E-state index >= 15 is 0 Å². The third-order valence-corrected chi connectivity index (χ3v) is 4.40. The van der Waals surface area contributed by atoms with Gasteiger partial charge in [0, 0.05) is 22.5 Å². The van der Waals surface area contributed by atoms with Crippen LogP contribution in [0, 0.1) is 6.92 Å². The zero-order valence-corrected chi connectivity index (χ0v) is 13.7. The molecule has 3 nitrogen and oxygen atoms in total. The summed E-state index contributed by atoms with van der Waals surface area (Å²) in [6, 6.07) is 12.1. The van der Waals surface area contributed by atoms with Crippen LogP contribution in [-0.4, -0.2) is 7.11 Å². The minimum atomic E-state index is -0.0218. The van der Waals surface area contributed by atoms with Gasteiger partial charge in [0.25, 0.3) is 0 Å². The van der Waals surface area contributed by atoms with Crippen molar-refractivity contribution in [1.29, 1.82) is 0 Å².